The van der Waals surface area contributed by atoms with E-state index in [1.807, 2.05) is 18.2 Å². The van der Waals surface area contributed by atoms with Crippen LogP contribution in [0.5, 0.6) is 0 Å². The van der Waals surface area contributed by atoms with Crippen LogP contribution in [0.2, 0.25) is 0 Å². The molecule has 0 aliphatic rings. The van der Waals surface area contributed by atoms with Gasteiger partial charge in [-0.3, -0.25) is 0 Å². The molecule has 0 unspecified atom stereocenters. The molecule has 3 N–H and O–H groups in total. The number of rotatable bonds is 4. The molecule has 114 valence electrons. The summed E-state index contributed by atoms with van der Waals surface area (Å²) in [4.78, 5) is 4.57. The standard InChI is InChI=1S/C17H20N4O/c1-12-13(2)21(10-14-6-4-3-5-7-14)17-15(12)16(18)20(8-9-22)11-19-17/h3-7,11,18,22H,8-10H2,1-2H3/p+1. The van der Waals surface area contributed by atoms with Crippen LogP contribution < -0.4 is 10.3 Å². The molecule has 0 saturated carbocycles. The third kappa shape index (κ3) is 2.33. The van der Waals surface area contributed by atoms with E-state index in [9.17, 15) is 0 Å². The molecule has 5 heteroatoms. The van der Waals surface area contributed by atoms with Gasteiger partial charge in [0.15, 0.2) is 0 Å². The van der Waals surface area contributed by atoms with E-state index in [0.717, 1.165) is 23.1 Å². The topological polar surface area (TPSA) is 68.0 Å². The van der Waals surface area contributed by atoms with Crippen molar-refractivity contribution in [3.63, 3.8) is 0 Å². The third-order valence-electron chi connectivity index (χ3n) is 4.21. The Bertz CT molecular complexity index is 809. The van der Waals surface area contributed by atoms with Crippen molar-refractivity contribution in [2.75, 3.05) is 12.3 Å². The number of nitrogens with two attached hydrogens (primary N) is 1. The minimum atomic E-state index is 0.0464. The molecule has 3 rings (SSSR count). The van der Waals surface area contributed by atoms with Crippen LogP contribution in [-0.2, 0) is 13.1 Å². The summed E-state index contributed by atoms with van der Waals surface area (Å²) < 4.78 is 3.99. The smallest absolute Gasteiger partial charge is 0.232 e. The van der Waals surface area contributed by atoms with Crippen molar-refractivity contribution < 1.29 is 9.67 Å². The zero-order chi connectivity index (χ0) is 15.7. The van der Waals surface area contributed by atoms with E-state index in [1.165, 1.54) is 11.3 Å². The Morgan fingerprint density at radius 3 is 2.64 bits per heavy atom. The first kappa shape index (κ1) is 14.5. The summed E-state index contributed by atoms with van der Waals surface area (Å²) in [7, 11) is 0. The van der Waals surface area contributed by atoms with Gasteiger partial charge in [-0.15, -0.1) is 0 Å². The highest BCUT2D eigenvalue weighted by Gasteiger charge is 2.21. The number of benzene rings is 1. The van der Waals surface area contributed by atoms with Crippen LogP contribution in [-0.4, -0.2) is 21.3 Å². The Morgan fingerprint density at radius 1 is 1.23 bits per heavy atom. The average Bonchev–Trinajstić information content (AvgIpc) is 2.77. The number of hydrogen-bond acceptors (Lipinski definition) is 3. The van der Waals surface area contributed by atoms with Gasteiger partial charge in [-0.1, -0.05) is 35.3 Å². The molecule has 2 heterocycles. The predicted molar refractivity (Wildman–Crippen MR) is 86.4 cm³/mol. The van der Waals surface area contributed by atoms with Crippen molar-refractivity contribution >= 4 is 16.9 Å². The second-order valence-corrected chi connectivity index (χ2v) is 5.53. The number of aryl methyl sites for hydroxylation is 1. The van der Waals surface area contributed by atoms with Crippen molar-refractivity contribution in [2.45, 2.75) is 26.9 Å². The molecule has 1 aromatic carbocycles. The highest BCUT2D eigenvalue weighted by molar-refractivity contribution is 5.89. The van der Waals surface area contributed by atoms with Crippen molar-refractivity contribution in [3.05, 3.63) is 53.5 Å². The highest BCUT2D eigenvalue weighted by atomic mass is 16.3. The number of anilines is 1. The summed E-state index contributed by atoms with van der Waals surface area (Å²) >= 11 is 0. The molecule has 3 aromatic rings. The second kappa shape index (κ2) is 5.77. The number of aliphatic hydroxyl groups is 1. The Balaban J connectivity index is 2.15. The van der Waals surface area contributed by atoms with E-state index in [-0.39, 0.29) is 6.61 Å². The fraction of sp³-hybridized carbons (Fsp3) is 0.294. The van der Waals surface area contributed by atoms with Crippen molar-refractivity contribution in [1.82, 2.24) is 9.55 Å². The molecule has 5 nitrogen and oxygen atoms in total. The van der Waals surface area contributed by atoms with Crippen LogP contribution in [0.1, 0.15) is 16.8 Å². The molecule has 0 bridgehead atoms. The molecule has 0 fully saturated rings. The molecule has 0 spiro atoms. The minimum Gasteiger partial charge on any atom is -0.393 e. The maximum Gasteiger partial charge on any atom is 0.232 e. The van der Waals surface area contributed by atoms with Crippen LogP contribution in [0.25, 0.3) is 11.0 Å². The summed E-state index contributed by atoms with van der Waals surface area (Å²) in [6.45, 7) is 5.44. The minimum absolute atomic E-state index is 0.0464. The van der Waals surface area contributed by atoms with Crippen LogP contribution >= 0.6 is 0 Å². The summed E-state index contributed by atoms with van der Waals surface area (Å²) in [5, 5.41) is 10.1. The summed E-state index contributed by atoms with van der Waals surface area (Å²) in [6.07, 6.45) is 1.70. The number of aromatic nitrogens is 3. The molecule has 0 saturated heterocycles. The number of aliphatic hydroxyl groups excluding tert-OH is 1. The molecule has 2 aromatic heterocycles. The average molecular weight is 297 g/mol. The van der Waals surface area contributed by atoms with E-state index in [1.54, 1.807) is 10.9 Å². The van der Waals surface area contributed by atoms with Gasteiger partial charge < -0.3 is 15.4 Å². The Hall–Kier alpha value is -2.40. The molecule has 0 aliphatic carbocycles. The molecular weight excluding hydrogens is 276 g/mol. The second-order valence-electron chi connectivity index (χ2n) is 5.53. The fourth-order valence-electron chi connectivity index (χ4n) is 2.86. The van der Waals surface area contributed by atoms with Gasteiger partial charge >= 0.3 is 0 Å². The Kier molecular flexibility index (Phi) is 3.81. The van der Waals surface area contributed by atoms with E-state index in [0.29, 0.717) is 12.4 Å². The lowest BCUT2D eigenvalue weighted by Crippen LogP contribution is -2.39. The van der Waals surface area contributed by atoms with Crippen LogP contribution in [0, 0.1) is 13.8 Å². The summed E-state index contributed by atoms with van der Waals surface area (Å²) in [5.74, 6) is 0.659. The molecule has 0 atom stereocenters. The number of nitrogen functional groups attached to an aromatic ring is 1. The summed E-state index contributed by atoms with van der Waals surface area (Å²) in [5.41, 5.74) is 10.7. The zero-order valence-electron chi connectivity index (χ0n) is 13.0. The molecule has 0 aliphatic heterocycles. The maximum atomic E-state index is 9.13. The fourth-order valence-corrected chi connectivity index (χ4v) is 2.86. The van der Waals surface area contributed by atoms with Crippen LogP contribution in [0.3, 0.4) is 0 Å². The van der Waals surface area contributed by atoms with Crippen LogP contribution in [0.4, 0.5) is 5.82 Å². The lowest BCUT2D eigenvalue weighted by Gasteiger charge is -2.07. The van der Waals surface area contributed by atoms with Gasteiger partial charge in [-0.25, -0.2) is 4.57 Å². The van der Waals surface area contributed by atoms with Gasteiger partial charge in [-0.2, -0.15) is 0 Å². The van der Waals surface area contributed by atoms with Gasteiger partial charge in [0.25, 0.3) is 0 Å². The normalized spacial score (nSPS) is 11.2. The number of hydrogen-bond donors (Lipinski definition) is 2. The number of fused-ring (bicyclic) bond motifs is 1. The molecular formula is C17H21N4O+. The van der Waals surface area contributed by atoms with Crippen LogP contribution in [0.15, 0.2) is 36.7 Å². The first-order valence-electron chi connectivity index (χ1n) is 7.41. The number of nitrogens with zero attached hydrogens (tertiary/aromatic N) is 3. The molecule has 0 amide bonds. The SMILES string of the molecule is Cc1c(C)n(Cc2ccccc2)c2nc[n+](CCO)c(N)c12. The van der Waals surface area contributed by atoms with Crippen molar-refractivity contribution in [3.8, 4) is 0 Å². The quantitative estimate of drug-likeness (QED) is 0.718. The van der Waals surface area contributed by atoms with Gasteiger partial charge in [-0.05, 0) is 25.0 Å². The van der Waals surface area contributed by atoms with E-state index in [4.69, 9.17) is 10.8 Å². The van der Waals surface area contributed by atoms with Gasteiger partial charge in [0.2, 0.25) is 17.8 Å². The zero-order valence-corrected chi connectivity index (χ0v) is 13.0. The van der Waals surface area contributed by atoms with Gasteiger partial charge in [0.1, 0.15) is 5.39 Å². The lowest BCUT2D eigenvalue weighted by atomic mass is 10.2. The van der Waals surface area contributed by atoms with Gasteiger partial charge in [0.05, 0.1) is 19.7 Å². The van der Waals surface area contributed by atoms with E-state index < -0.39 is 0 Å². The first-order valence-corrected chi connectivity index (χ1v) is 7.41. The molecule has 0 radical (unpaired) electrons. The van der Waals surface area contributed by atoms with E-state index in [2.05, 4.69) is 35.5 Å². The molecule has 22 heavy (non-hydrogen) atoms. The highest BCUT2D eigenvalue weighted by Crippen LogP contribution is 2.27. The largest absolute Gasteiger partial charge is 0.393 e. The maximum absolute atomic E-state index is 9.13. The Morgan fingerprint density at radius 2 is 1.95 bits per heavy atom. The Labute approximate surface area is 129 Å². The summed E-state index contributed by atoms with van der Waals surface area (Å²) in [6, 6.07) is 10.3. The first-order chi connectivity index (χ1) is 10.6. The van der Waals surface area contributed by atoms with Gasteiger partial charge in [0, 0.05) is 5.69 Å². The van der Waals surface area contributed by atoms with Crippen molar-refractivity contribution in [1.29, 1.82) is 0 Å². The van der Waals surface area contributed by atoms with E-state index >= 15 is 0 Å². The predicted octanol–water partition coefficient (Wildman–Crippen LogP) is 1.56. The van der Waals surface area contributed by atoms with Crippen molar-refractivity contribution in [2.24, 2.45) is 0 Å². The third-order valence-corrected chi connectivity index (χ3v) is 4.21. The lowest BCUT2D eigenvalue weighted by molar-refractivity contribution is -0.685. The monoisotopic (exact) mass is 297 g/mol.